The Morgan fingerprint density at radius 1 is 1.39 bits per heavy atom. The molecule has 0 bridgehead atoms. The third kappa shape index (κ3) is 3.43. The van der Waals surface area contributed by atoms with Crippen molar-refractivity contribution in [2.75, 3.05) is 26.8 Å². The monoisotopic (exact) mass is 321 g/mol. The summed E-state index contributed by atoms with van der Waals surface area (Å²) in [5, 5.41) is 7.32. The van der Waals surface area contributed by atoms with Crippen molar-refractivity contribution in [3.05, 3.63) is 17.0 Å². The number of likely N-dealkylation sites (tertiary alicyclic amines) is 1. The van der Waals surface area contributed by atoms with Crippen LogP contribution in [0.4, 0.5) is 0 Å². The first-order valence-electron chi connectivity index (χ1n) is 8.61. The van der Waals surface area contributed by atoms with E-state index >= 15 is 0 Å². The molecule has 2 atom stereocenters. The minimum absolute atomic E-state index is 0.0254. The Balaban J connectivity index is 1.66. The Morgan fingerprint density at radius 2 is 2.13 bits per heavy atom. The second-order valence-electron chi connectivity index (χ2n) is 6.77. The number of carbonyl (C=O) groups excluding carboxylic acids is 1. The number of nitrogens with one attached hydrogen (secondary N) is 1. The highest BCUT2D eigenvalue weighted by atomic mass is 16.5. The summed E-state index contributed by atoms with van der Waals surface area (Å²) in [7, 11) is 1.74. The predicted octanol–water partition coefficient (Wildman–Crippen LogP) is 2.32. The molecule has 2 aliphatic heterocycles. The number of amides is 1. The number of fused-ring (bicyclic) bond motifs is 1. The van der Waals surface area contributed by atoms with Crippen LogP contribution in [0.1, 0.15) is 61.0 Å². The molecule has 0 saturated carbocycles. The van der Waals surface area contributed by atoms with Gasteiger partial charge in [0, 0.05) is 38.8 Å². The van der Waals surface area contributed by atoms with Crippen LogP contribution >= 0.6 is 0 Å². The van der Waals surface area contributed by atoms with Gasteiger partial charge in [0.2, 0.25) is 0 Å². The van der Waals surface area contributed by atoms with Crippen molar-refractivity contribution >= 4 is 5.91 Å². The highest BCUT2D eigenvalue weighted by Crippen LogP contribution is 2.31. The molecule has 6 heteroatoms. The Bertz CT molecular complexity index is 549. The van der Waals surface area contributed by atoms with Gasteiger partial charge in [-0.05, 0) is 39.0 Å². The van der Waals surface area contributed by atoms with Crippen molar-refractivity contribution < 1.29 is 14.3 Å². The van der Waals surface area contributed by atoms with Crippen LogP contribution in [0.3, 0.4) is 0 Å². The van der Waals surface area contributed by atoms with Crippen molar-refractivity contribution in [2.45, 2.75) is 51.7 Å². The Labute approximate surface area is 137 Å². The molecular formula is C17H27N3O3. The number of aromatic nitrogens is 2. The molecule has 1 fully saturated rings. The molecule has 128 valence electrons. The molecule has 3 heterocycles. The van der Waals surface area contributed by atoms with Gasteiger partial charge in [-0.25, -0.2) is 0 Å². The maximum Gasteiger partial charge on any atom is 0.274 e. The van der Waals surface area contributed by atoms with Crippen molar-refractivity contribution in [3.63, 3.8) is 0 Å². The lowest BCUT2D eigenvalue weighted by molar-refractivity contribution is -0.00703. The van der Waals surface area contributed by atoms with Gasteiger partial charge in [-0.2, -0.15) is 5.10 Å². The molecule has 23 heavy (non-hydrogen) atoms. The Kier molecular flexibility index (Phi) is 5.02. The second kappa shape index (κ2) is 7.01. The summed E-state index contributed by atoms with van der Waals surface area (Å²) in [6.07, 6.45) is 4.04. The maximum absolute atomic E-state index is 12.8. The molecule has 6 nitrogen and oxygen atoms in total. The minimum atomic E-state index is -0.0254. The summed E-state index contributed by atoms with van der Waals surface area (Å²) in [4.78, 5) is 14.8. The fourth-order valence-corrected chi connectivity index (χ4v) is 3.71. The number of aromatic amines is 1. The molecule has 0 unspecified atom stereocenters. The van der Waals surface area contributed by atoms with Crippen LogP contribution in [0.25, 0.3) is 0 Å². The normalized spacial score (nSPS) is 25.4. The first kappa shape index (κ1) is 16.5. The van der Waals surface area contributed by atoms with Gasteiger partial charge in [-0.3, -0.25) is 9.89 Å². The van der Waals surface area contributed by atoms with Crippen LogP contribution in [-0.4, -0.2) is 53.9 Å². The molecule has 3 rings (SSSR count). The zero-order valence-electron chi connectivity index (χ0n) is 14.3. The van der Waals surface area contributed by atoms with Crippen molar-refractivity contribution in [1.82, 2.24) is 15.1 Å². The summed E-state index contributed by atoms with van der Waals surface area (Å²) >= 11 is 0. The first-order chi connectivity index (χ1) is 11.1. The maximum atomic E-state index is 12.8. The van der Waals surface area contributed by atoms with E-state index in [1.807, 2.05) is 18.7 Å². The van der Waals surface area contributed by atoms with Crippen LogP contribution in [0.15, 0.2) is 0 Å². The van der Waals surface area contributed by atoms with Gasteiger partial charge in [-0.1, -0.05) is 0 Å². The van der Waals surface area contributed by atoms with E-state index in [2.05, 4.69) is 10.2 Å². The van der Waals surface area contributed by atoms with E-state index in [0.717, 1.165) is 56.6 Å². The summed E-state index contributed by atoms with van der Waals surface area (Å²) in [6, 6.07) is 0. The third-order valence-corrected chi connectivity index (χ3v) is 5.07. The highest BCUT2D eigenvalue weighted by molar-refractivity contribution is 5.94. The number of piperidine rings is 1. The molecule has 1 N–H and O–H groups in total. The van der Waals surface area contributed by atoms with Crippen LogP contribution < -0.4 is 0 Å². The minimum Gasteiger partial charge on any atom is -0.385 e. The smallest absolute Gasteiger partial charge is 0.274 e. The number of carbonyl (C=O) groups is 1. The number of hydrogen-bond acceptors (Lipinski definition) is 4. The number of methoxy groups -OCH3 is 1. The van der Waals surface area contributed by atoms with Gasteiger partial charge in [0.05, 0.1) is 17.9 Å². The van der Waals surface area contributed by atoms with E-state index in [-0.39, 0.29) is 18.1 Å². The van der Waals surface area contributed by atoms with E-state index in [9.17, 15) is 4.79 Å². The molecule has 0 aliphatic carbocycles. The zero-order valence-corrected chi connectivity index (χ0v) is 14.3. The number of H-pyrrole nitrogens is 1. The SMILES string of the molecule is COCCC1CCN(C(=O)c2n[nH]c3c2C[C@H](C)O[C@@H]3C)CC1. The summed E-state index contributed by atoms with van der Waals surface area (Å²) in [5.41, 5.74) is 2.60. The largest absolute Gasteiger partial charge is 0.385 e. The topological polar surface area (TPSA) is 67.5 Å². The number of hydrogen-bond donors (Lipinski definition) is 1. The van der Waals surface area contributed by atoms with Gasteiger partial charge in [0.25, 0.3) is 5.91 Å². The average molecular weight is 321 g/mol. The van der Waals surface area contributed by atoms with E-state index in [0.29, 0.717) is 11.6 Å². The number of nitrogens with zero attached hydrogens (tertiary/aromatic N) is 2. The lowest BCUT2D eigenvalue weighted by Crippen LogP contribution is -2.39. The molecule has 1 aromatic rings. The second-order valence-corrected chi connectivity index (χ2v) is 6.77. The fourth-order valence-electron chi connectivity index (χ4n) is 3.71. The summed E-state index contributed by atoms with van der Waals surface area (Å²) in [5.74, 6) is 0.731. The summed E-state index contributed by atoms with van der Waals surface area (Å²) in [6.45, 7) is 6.48. The van der Waals surface area contributed by atoms with Crippen molar-refractivity contribution in [3.8, 4) is 0 Å². The van der Waals surface area contributed by atoms with Crippen LogP contribution in [-0.2, 0) is 15.9 Å². The van der Waals surface area contributed by atoms with Crippen molar-refractivity contribution in [2.24, 2.45) is 5.92 Å². The molecule has 0 spiro atoms. The number of rotatable bonds is 4. The quantitative estimate of drug-likeness (QED) is 0.924. The lowest BCUT2D eigenvalue weighted by atomic mass is 9.93. The molecular weight excluding hydrogens is 294 g/mol. The molecule has 1 amide bonds. The summed E-state index contributed by atoms with van der Waals surface area (Å²) < 4.78 is 10.9. The van der Waals surface area contributed by atoms with Crippen LogP contribution in [0, 0.1) is 5.92 Å². The molecule has 0 radical (unpaired) electrons. The zero-order chi connectivity index (χ0) is 16.4. The van der Waals surface area contributed by atoms with Gasteiger partial charge in [0.1, 0.15) is 0 Å². The third-order valence-electron chi connectivity index (χ3n) is 5.07. The average Bonchev–Trinajstić information content (AvgIpc) is 2.96. The highest BCUT2D eigenvalue weighted by Gasteiger charge is 2.32. The van der Waals surface area contributed by atoms with Crippen LogP contribution in [0.2, 0.25) is 0 Å². The molecule has 1 aromatic heterocycles. The van der Waals surface area contributed by atoms with Gasteiger partial charge in [-0.15, -0.1) is 0 Å². The van der Waals surface area contributed by atoms with Crippen molar-refractivity contribution in [1.29, 1.82) is 0 Å². The molecule has 1 saturated heterocycles. The lowest BCUT2D eigenvalue weighted by Gasteiger charge is -2.32. The van der Waals surface area contributed by atoms with Gasteiger partial charge >= 0.3 is 0 Å². The standard InChI is InChI=1S/C17H27N3O3/c1-11-10-14-15(12(2)23-11)18-19-16(14)17(21)20-7-4-13(5-8-20)6-9-22-3/h11-13H,4-10H2,1-3H3,(H,18,19)/t11-,12+/m0/s1. The van der Waals surface area contributed by atoms with E-state index in [1.165, 1.54) is 0 Å². The Morgan fingerprint density at radius 3 is 2.83 bits per heavy atom. The van der Waals surface area contributed by atoms with Gasteiger partial charge in [0.15, 0.2) is 5.69 Å². The van der Waals surface area contributed by atoms with E-state index < -0.39 is 0 Å². The Hall–Kier alpha value is -1.40. The molecule has 2 aliphatic rings. The van der Waals surface area contributed by atoms with Gasteiger partial charge < -0.3 is 14.4 Å². The first-order valence-corrected chi connectivity index (χ1v) is 8.61. The van der Waals surface area contributed by atoms with E-state index in [1.54, 1.807) is 7.11 Å². The molecule has 0 aromatic carbocycles. The fraction of sp³-hybridized carbons (Fsp3) is 0.765. The van der Waals surface area contributed by atoms with E-state index in [4.69, 9.17) is 9.47 Å². The van der Waals surface area contributed by atoms with Crippen LogP contribution in [0.5, 0.6) is 0 Å². The number of ether oxygens (including phenoxy) is 2. The predicted molar refractivity (Wildman–Crippen MR) is 86.4 cm³/mol.